The zero-order chi connectivity index (χ0) is 14.1. The van der Waals surface area contributed by atoms with E-state index < -0.39 is 0 Å². The first kappa shape index (κ1) is 12.5. The van der Waals surface area contributed by atoms with Crippen LogP contribution >= 0.6 is 22.7 Å². The summed E-state index contributed by atoms with van der Waals surface area (Å²) < 4.78 is 0. The molecule has 0 saturated heterocycles. The number of fused-ring (bicyclic) bond motifs is 1. The van der Waals surface area contributed by atoms with E-state index in [2.05, 4.69) is 28.0 Å². The summed E-state index contributed by atoms with van der Waals surface area (Å²) in [6.45, 7) is 0. The van der Waals surface area contributed by atoms with Gasteiger partial charge in [0.2, 0.25) is 0 Å². The van der Waals surface area contributed by atoms with Gasteiger partial charge in [-0.3, -0.25) is 5.43 Å². The zero-order valence-corrected chi connectivity index (χ0v) is 12.6. The van der Waals surface area contributed by atoms with Crippen LogP contribution < -0.4 is 5.43 Å². The summed E-state index contributed by atoms with van der Waals surface area (Å²) in [6, 6.07) is 16.3. The van der Waals surface area contributed by atoms with Crippen LogP contribution in [0.15, 0.2) is 69.4 Å². The third-order valence-electron chi connectivity index (χ3n) is 3.17. The van der Waals surface area contributed by atoms with Gasteiger partial charge in [0, 0.05) is 5.56 Å². The number of hydrazone groups is 1. The Labute approximate surface area is 130 Å². The molecule has 0 aliphatic carbocycles. The van der Waals surface area contributed by atoms with Crippen molar-refractivity contribution < 1.29 is 0 Å². The summed E-state index contributed by atoms with van der Waals surface area (Å²) in [7, 11) is 0. The molecular weight excluding hydrogens is 298 g/mol. The number of benzene rings is 1. The number of amidine groups is 1. The van der Waals surface area contributed by atoms with E-state index in [-0.39, 0.29) is 0 Å². The molecule has 0 bridgehead atoms. The van der Waals surface area contributed by atoms with Crippen molar-refractivity contribution in [2.45, 2.75) is 0 Å². The highest BCUT2D eigenvalue weighted by molar-refractivity contribution is 7.12. The number of hydrogen-bond acceptors (Lipinski definition) is 5. The van der Waals surface area contributed by atoms with Crippen molar-refractivity contribution in [1.29, 1.82) is 0 Å². The van der Waals surface area contributed by atoms with E-state index in [0.717, 1.165) is 32.6 Å². The summed E-state index contributed by atoms with van der Waals surface area (Å²) >= 11 is 3.33. The molecule has 4 rings (SSSR count). The SMILES string of the molecule is c1csc(C2=Nc3ccccc3C(c3cccs3)=NN2)c1. The van der Waals surface area contributed by atoms with Gasteiger partial charge in [0.25, 0.3) is 0 Å². The second kappa shape index (κ2) is 5.27. The van der Waals surface area contributed by atoms with Crippen LogP contribution in [0.5, 0.6) is 0 Å². The number of aliphatic imine (C=N–C) groups is 1. The highest BCUT2D eigenvalue weighted by atomic mass is 32.1. The molecule has 5 heteroatoms. The van der Waals surface area contributed by atoms with Gasteiger partial charge < -0.3 is 0 Å². The summed E-state index contributed by atoms with van der Waals surface area (Å²) in [5, 5.41) is 8.70. The Morgan fingerprint density at radius 2 is 1.57 bits per heavy atom. The highest BCUT2D eigenvalue weighted by Gasteiger charge is 2.17. The molecule has 3 heterocycles. The van der Waals surface area contributed by atoms with Gasteiger partial charge in [-0.2, -0.15) is 5.10 Å². The van der Waals surface area contributed by atoms with Gasteiger partial charge in [-0.25, -0.2) is 4.99 Å². The minimum Gasteiger partial charge on any atom is -0.260 e. The van der Waals surface area contributed by atoms with Gasteiger partial charge in [-0.05, 0) is 29.0 Å². The van der Waals surface area contributed by atoms with Crippen LogP contribution in [0.25, 0.3) is 0 Å². The van der Waals surface area contributed by atoms with Gasteiger partial charge in [-0.15, -0.1) is 22.7 Å². The Morgan fingerprint density at radius 1 is 0.810 bits per heavy atom. The summed E-state index contributed by atoms with van der Waals surface area (Å²) in [6.07, 6.45) is 0. The lowest BCUT2D eigenvalue weighted by atomic mass is 10.1. The first-order chi connectivity index (χ1) is 10.4. The van der Waals surface area contributed by atoms with Gasteiger partial charge in [0.15, 0.2) is 5.84 Å². The average molecular weight is 309 g/mol. The van der Waals surface area contributed by atoms with E-state index in [0.29, 0.717) is 0 Å². The van der Waals surface area contributed by atoms with Crippen LogP contribution in [0.1, 0.15) is 15.3 Å². The largest absolute Gasteiger partial charge is 0.260 e. The van der Waals surface area contributed by atoms with Crippen LogP contribution in [-0.4, -0.2) is 11.5 Å². The molecule has 3 nitrogen and oxygen atoms in total. The predicted octanol–water partition coefficient (Wildman–Crippen LogP) is 4.24. The standard InChI is InChI=1S/C16H11N3S2/c1-2-6-12-11(5-1)15(13-7-3-9-20-13)18-19-16(17-12)14-8-4-10-21-14/h1-10H,(H,17,19). The van der Waals surface area contributed by atoms with Crippen molar-refractivity contribution >= 4 is 39.9 Å². The molecule has 0 radical (unpaired) electrons. The molecule has 1 aliphatic heterocycles. The molecule has 0 atom stereocenters. The van der Waals surface area contributed by atoms with Crippen LogP contribution in [0.2, 0.25) is 0 Å². The van der Waals surface area contributed by atoms with Crippen molar-refractivity contribution in [2.75, 3.05) is 0 Å². The first-order valence-corrected chi connectivity index (χ1v) is 8.27. The summed E-state index contributed by atoms with van der Waals surface area (Å²) in [4.78, 5) is 6.97. The maximum atomic E-state index is 4.75. The highest BCUT2D eigenvalue weighted by Crippen LogP contribution is 2.27. The van der Waals surface area contributed by atoms with E-state index >= 15 is 0 Å². The van der Waals surface area contributed by atoms with Crippen molar-refractivity contribution in [3.05, 3.63) is 74.6 Å². The predicted molar refractivity (Wildman–Crippen MR) is 90.1 cm³/mol. The molecule has 0 amide bonds. The summed E-state index contributed by atoms with van der Waals surface area (Å²) in [5.74, 6) is 0.795. The Balaban J connectivity index is 1.88. The quantitative estimate of drug-likeness (QED) is 0.755. The van der Waals surface area contributed by atoms with E-state index in [9.17, 15) is 0 Å². The Hall–Kier alpha value is -2.24. The number of rotatable bonds is 2. The minimum absolute atomic E-state index is 0.795. The normalized spacial score (nSPS) is 13.7. The van der Waals surface area contributed by atoms with Gasteiger partial charge in [0.05, 0.1) is 15.4 Å². The van der Waals surface area contributed by atoms with Crippen molar-refractivity contribution in [2.24, 2.45) is 10.1 Å². The zero-order valence-electron chi connectivity index (χ0n) is 11.0. The molecule has 1 N–H and O–H groups in total. The number of nitrogens with one attached hydrogen (secondary N) is 1. The molecule has 2 aromatic heterocycles. The molecule has 0 fully saturated rings. The van der Waals surface area contributed by atoms with Crippen molar-refractivity contribution in [3.63, 3.8) is 0 Å². The average Bonchev–Trinajstić information content (AvgIpc) is 3.18. The Morgan fingerprint density at radius 3 is 2.33 bits per heavy atom. The molecule has 0 saturated carbocycles. The molecule has 0 unspecified atom stereocenters. The third kappa shape index (κ3) is 2.30. The maximum Gasteiger partial charge on any atom is 0.164 e. The lowest BCUT2D eigenvalue weighted by Gasteiger charge is -2.04. The molecule has 1 aromatic carbocycles. The molecule has 102 valence electrons. The van der Waals surface area contributed by atoms with Crippen LogP contribution in [0, 0.1) is 0 Å². The van der Waals surface area contributed by atoms with E-state index in [1.54, 1.807) is 22.7 Å². The maximum absolute atomic E-state index is 4.75. The second-order valence-corrected chi connectivity index (χ2v) is 6.40. The van der Waals surface area contributed by atoms with Gasteiger partial charge >= 0.3 is 0 Å². The Kier molecular flexibility index (Phi) is 3.14. The smallest absolute Gasteiger partial charge is 0.164 e. The minimum atomic E-state index is 0.795. The molecule has 1 aliphatic rings. The topological polar surface area (TPSA) is 36.8 Å². The lowest BCUT2D eigenvalue weighted by molar-refractivity contribution is 1.03. The van der Waals surface area contributed by atoms with Crippen LogP contribution in [-0.2, 0) is 0 Å². The summed E-state index contributed by atoms with van der Waals surface area (Å²) in [5.41, 5.74) is 6.06. The van der Waals surface area contributed by atoms with Crippen molar-refractivity contribution in [3.8, 4) is 0 Å². The fraction of sp³-hybridized carbons (Fsp3) is 0. The van der Waals surface area contributed by atoms with Gasteiger partial charge in [0.1, 0.15) is 5.71 Å². The van der Waals surface area contributed by atoms with Gasteiger partial charge in [-0.1, -0.05) is 30.3 Å². The number of thiophene rings is 2. The lowest BCUT2D eigenvalue weighted by Crippen LogP contribution is -2.18. The fourth-order valence-corrected chi connectivity index (χ4v) is 3.60. The monoisotopic (exact) mass is 309 g/mol. The second-order valence-electron chi connectivity index (χ2n) is 4.50. The Bertz CT molecular complexity index is 815. The fourth-order valence-electron chi connectivity index (χ4n) is 2.21. The molecular formula is C16H11N3S2. The molecule has 3 aromatic rings. The van der Waals surface area contributed by atoms with E-state index in [1.165, 1.54) is 0 Å². The number of para-hydroxylation sites is 1. The molecule has 21 heavy (non-hydrogen) atoms. The number of nitrogens with zero attached hydrogens (tertiary/aromatic N) is 2. The van der Waals surface area contributed by atoms with E-state index in [4.69, 9.17) is 4.99 Å². The van der Waals surface area contributed by atoms with Crippen molar-refractivity contribution in [1.82, 2.24) is 5.43 Å². The van der Waals surface area contributed by atoms with E-state index in [1.807, 2.05) is 41.8 Å². The van der Waals surface area contributed by atoms with Crippen LogP contribution in [0.3, 0.4) is 0 Å². The third-order valence-corrected chi connectivity index (χ3v) is 4.93. The van der Waals surface area contributed by atoms with Crippen LogP contribution in [0.4, 0.5) is 5.69 Å². The first-order valence-electron chi connectivity index (χ1n) is 6.51. The molecule has 0 spiro atoms. The number of hydrogen-bond donors (Lipinski definition) is 1.